The Morgan fingerprint density at radius 2 is 1.60 bits per heavy atom. The molecule has 0 unspecified atom stereocenters. The van der Waals surface area contributed by atoms with E-state index in [1.165, 1.54) is 24.3 Å². The van der Waals surface area contributed by atoms with E-state index in [-0.39, 0.29) is 22.3 Å². The number of amides is 1. The molecule has 0 fully saturated rings. The SMILES string of the molecule is CC(C)CNS(=O)(=O)c1ccc(C(=O)N[C@@H](CC(C)C)C(=O)O)cc1. The molecule has 1 aromatic rings. The zero-order chi connectivity index (χ0) is 19.2. The van der Waals surface area contributed by atoms with E-state index < -0.39 is 27.9 Å². The summed E-state index contributed by atoms with van der Waals surface area (Å²) in [4.78, 5) is 23.4. The molecule has 25 heavy (non-hydrogen) atoms. The lowest BCUT2D eigenvalue weighted by molar-refractivity contribution is -0.139. The van der Waals surface area contributed by atoms with Crippen molar-refractivity contribution in [3.05, 3.63) is 29.8 Å². The van der Waals surface area contributed by atoms with E-state index >= 15 is 0 Å². The summed E-state index contributed by atoms with van der Waals surface area (Å²) in [6.45, 7) is 7.84. The third kappa shape index (κ3) is 6.83. The standard InChI is InChI=1S/C17H26N2O5S/c1-11(2)9-15(17(21)22)19-16(20)13-5-7-14(8-6-13)25(23,24)18-10-12(3)4/h5-8,11-12,15,18H,9-10H2,1-4H3,(H,19,20)(H,21,22)/t15-/m0/s1. The lowest BCUT2D eigenvalue weighted by atomic mass is 10.0. The summed E-state index contributed by atoms with van der Waals surface area (Å²) in [5.74, 6) is -1.36. The average Bonchev–Trinajstić information content (AvgIpc) is 2.52. The molecule has 0 saturated carbocycles. The molecule has 1 atom stereocenters. The highest BCUT2D eigenvalue weighted by Gasteiger charge is 2.22. The van der Waals surface area contributed by atoms with Gasteiger partial charge in [-0.3, -0.25) is 4.79 Å². The molecule has 0 bridgehead atoms. The molecule has 1 amide bonds. The van der Waals surface area contributed by atoms with Crippen molar-refractivity contribution in [2.75, 3.05) is 6.54 Å². The quantitative estimate of drug-likeness (QED) is 0.614. The van der Waals surface area contributed by atoms with Crippen LogP contribution in [0.3, 0.4) is 0 Å². The monoisotopic (exact) mass is 370 g/mol. The maximum Gasteiger partial charge on any atom is 0.326 e. The van der Waals surface area contributed by atoms with Gasteiger partial charge in [0.15, 0.2) is 0 Å². The van der Waals surface area contributed by atoms with Crippen LogP contribution in [0.1, 0.15) is 44.5 Å². The smallest absolute Gasteiger partial charge is 0.326 e. The summed E-state index contributed by atoms with van der Waals surface area (Å²) >= 11 is 0. The van der Waals surface area contributed by atoms with Crippen LogP contribution in [0.2, 0.25) is 0 Å². The molecule has 1 aromatic carbocycles. The summed E-state index contributed by atoms with van der Waals surface area (Å²) < 4.78 is 26.7. The van der Waals surface area contributed by atoms with Crippen molar-refractivity contribution in [3.8, 4) is 0 Å². The molecule has 0 spiro atoms. The first-order chi connectivity index (χ1) is 11.5. The van der Waals surface area contributed by atoms with E-state index in [1.807, 2.05) is 27.7 Å². The number of carboxylic acid groups (broad SMARTS) is 1. The molecule has 0 saturated heterocycles. The van der Waals surface area contributed by atoms with Gasteiger partial charge in [-0.2, -0.15) is 0 Å². The lowest BCUT2D eigenvalue weighted by Crippen LogP contribution is -2.41. The zero-order valence-corrected chi connectivity index (χ0v) is 15.8. The Morgan fingerprint density at radius 3 is 2.04 bits per heavy atom. The Morgan fingerprint density at radius 1 is 1.04 bits per heavy atom. The molecule has 0 aromatic heterocycles. The van der Waals surface area contributed by atoms with Crippen molar-refractivity contribution >= 4 is 21.9 Å². The maximum absolute atomic E-state index is 12.2. The highest BCUT2D eigenvalue weighted by Crippen LogP contribution is 2.12. The predicted octanol–water partition coefficient (Wildman–Crippen LogP) is 1.85. The van der Waals surface area contributed by atoms with Crippen LogP contribution in [-0.4, -0.2) is 38.0 Å². The fraction of sp³-hybridized carbons (Fsp3) is 0.529. The van der Waals surface area contributed by atoms with Crippen LogP contribution in [0.4, 0.5) is 0 Å². The normalized spacial score (nSPS) is 13.0. The second-order valence-electron chi connectivity index (χ2n) is 6.76. The molecule has 3 N–H and O–H groups in total. The molecule has 0 heterocycles. The van der Waals surface area contributed by atoms with Crippen LogP contribution in [0.15, 0.2) is 29.2 Å². The van der Waals surface area contributed by atoms with E-state index in [4.69, 9.17) is 0 Å². The van der Waals surface area contributed by atoms with Crippen molar-refractivity contribution in [2.24, 2.45) is 11.8 Å². The van der Waals surface area contributed by atoms with Crippen LogP contribution in [0.5, 0.6) is 0 Å². The third-order valence-corrected chi connectivity index (χ3v) is 4.86. The van der Waals surface area contributed by atoms with Gasteiger partial charge in [0.1, 0.15) is 6.04 Å². The van der Waals surface area contributed by atoms with Crippen molar-refractivity contribution in [3.63, 3.8) is 0 Å². The Hall–Kier alpha value is -1.93. The number of rotatable bonds is 9. The third-order valence-electron chi connectivity index (χ3n) is 3.42. The van der Waals surface area contributed by atoms with Crippen LogP contribution >= 0.6 is 0 Å². The second kappa shape index (κ2) is 8.96. The molecular weight excluding hydrogens is 344 g/mol. The first kappa shape index (κ1) is 21.1. The molecule has 8 heteroatoms. The molecular formula is C17H26N2O5S. The number of hydrogen-bond acceptors (Lipinski definition) is 4. The highest BCUT2D eigenvalue weighted by atomic mass is 32.2. The van der Waals surface area contributed by atoms with Crippen molar-refractivity contribution < 1.29 is 23.1 Å². The van der Waals surface area contributed by atoms with Gasteiger partial charge >= 0.3 is 5.97 Å². The second-order valence-corrected chi connectivity index (χ2v) is 8.53. The first-order valence-corrected chi connectivity index (χ1v) is 9.64. The zero-order valence-electron chi connectivity index (χ0n) is 14.9. The molecule has 7 nitrogen and oxygen atoms in total. The van der Waals surface area contributed by atoms with Crippen LogP contribution in [0.25, 0.3) is 0 Å². The number of nitrogens with one attached hydrogen (secondary N) is 2. The number of sulfonamides is 1. The molecule has 140 valence electrons. The number of aliphatic carboxylic acids is 1. The average molecular weight is 370 g/mol. The predicted molar refractivity (Wildman–Crippen MR) is 94.8 cm³/mol. The van der Waals surface area contributed by atoms with Gasteiger partial charge in [0.05, 0.1) is 4.90 Å². The highest BCUT2D eigenvalue weighted by molar-refractivity contribution is 7.89. The minimum absolute atomic E-state index is 0.0571. The van der Waals surface area contributed by atoms with Crippen LogP contribution in [-0.2, 0) is 14.8 Å². The topological polar surface area (TPSA) is 113 Å². The van der Waals surface area contributed by atoms with Crippen molar-refractivity contribution in [2.45, 2.75) is 45.1 Å². The largest absolute Gasteiger partial charge is 0.480 e. The summed E-state index contributed by atoms with van der Waals surface area (Å²) in [6.07, 6.45) is 0.312. The van der Waals surface area contributed by atoms with E-state index in [0.717, 1.165) is 0 Å². The molecule has 0 aliphatic carbocycles. The number of carbonyl (C=O) groups excluding carboxylic acids is 1. The minimum Gasteiger partial charge on any atom is -0.480 e. The number of carboxylic acids is 1. The summed E-state index contributed by atoms with van der Waals surface area (Å²) in [5, 5.41) is 11.6. The van der Waals surface area contributed by atoms with Crippen LogP contribution < -0.4 is 10.0 Å². The fourth-order valence-corrected chi connectivity index (χ4v) is 3.29. The summed E-state index contributed by atoms with van der Waals surface area (Å²) in [5.41, 5.74) is 0.206. The summed E-state index contributed by atoms with van der Waals surface area (Å²) in [6, 6.07) is 4.41. The van der Waals surface area contributed by atoms with Gasteiger partial charge in [0.25, 0.3) is 5.91 Å². The number of benzene rings is 1. The lowest BCUT2D eigenvalue weighted by Gasteiger charge is -2.16. The Balaban J connectivity index is 2.84. The minimum atomic E-state index is -3.63. The fourth-order valence-electron chi connectivity index (χ4n) is 2.08. The van der Waals surface area contributed by atoms with E-state index in [9.17, 15) is 23.1 Å². The van der Waals surface area contributed by atoms with Gasteiger partial charge in [-0.15, -0.1) is 0 Å². The number of hydrogen-bond donors (Lipinski definition) is 3. The summed E-state index contributed by atoms with van der Waals surface area (Å²) in [7, 11) is -3.63. The molecule has 0 aliphatic heterocycles. The van der Waals surface area contributed by atoms with E-state index in [2.05, 4.69) is 10.0 Å². The van der Waals surface area contributed by atoms with Gasteiger partial charge in [0.2, 0.25) is 10.0 Å². The first-order valence-electron chi connectivity index (χ1n) is 8.16. The Labute approximate surface area is 148 Å². The van der Waals surface area contributed by atoms with E-state index in [1.54, 1.807) is 0 Å². The Kier molecular flexibility index (Phi) is 7.57. The van der Waals surface area contributed by atoms with Gasteiger partial charge in [-0.1, -0.05) is 27.7 Å². The Bertz CT molecular complexity index is 696. The van der Waals surface area contributed by atoms with Gasteiger partial charge < -0.3 is 10.4 Å². The molecule has 0 aliphatic rings. The maximum atomic E-state index is 12.2. The van der Waals surface area contributed by atoms with Crippen LogP contribution in [0, 0.1) is 11.8 Å². The van der Waals surface area contributed by atoms with E-state index in [0.29, 0.717) is 13.0 Å². The van der Waals surface area contributed by atoms with Gasteiger partial charge in [-0.25, -0.2) is 17.9 Å². The number of carbonyl (C=O) groups is 2. The molecule has 0 radical (unpaired) electrons. The van der Waals surface area contributed by atoms with Gasteiger partial charge in [0, 0.05) is 12.1 Å². The van der Waals surface area contributed by atoms with Gasteiger partial charge in [-0.05, 0) is 42.5 Å². The van der Waals surface area contributed by atoms with Crippen molar-refractivity contribution in [1.29, 1.82) is 0 Å². The van der Waals surface area contributed by atoms with Crippen molar-refractivity contribution in [1.82, 2.24) is 10.0 Å². The molecule has 1 rings (SSSR count).